The first-order valence-electron chi connectivity index (χ1n) is 9.65. The predicted octanol–water partition coefficient (Wildman–Crippen LogP) is 4.42. The van der Waals surface area contributed by atoms with Crippen molar-refractivity contribution in [3.8, 4) is 0 Å². The maximum atomic E-state index is 12.9. The summed E-state index contributed by atoms with van der Waals surface area (Å²) in [6.07, 6.45) is 5.60. The predicted molar refractivity (Wildman–Crippen MR) is 112 cm³/mol. The van der Waals surface area contributed by atoms with Gasteiger partial charge in [0.05, 0.1) is 5.41 Å². The molecule has 2 aromatic rings. The molecular weight excluding hydrogens is 370 g/mol. The SMILES string of the molecule is CSc1ccc(CN(C)C(=O)COC(=O)C2(c3ccccc3)CCCC2)cc1. The lowest BCUT2D eigenvalue weighted by molar-refractivity contribution is -0.156. The molecule has 1 fully saturated rings. The van der Waals surface area contributed by atoms with Gasteiger partial charge >= 0.3 is 5.97 Å². The maximum Gasteiger partial charge on any atom is 0.317 e. The van der Waals surface area contributed by atoms with Crippen LogP contribution in [-0.2, 0) is 26.3 Å². The van der Waals surface area contributed by atoms with Gasteiger partial charge in [0.15, 0.2) is 6.61 Å². The lowest BCUT2D eigenvalue weighted by Gasteiger charge is -2.27. The molecule has 0 heterocycles. The Hall–Kier alpha value is -2.27. The minimum Gasteiger partial charge on any atom is -0.455 e. The van der Waals surface area contributed by atoms with Crippen molar-refractivity contribution in [2.45, 2.75) is 42.5 Å². The van der Waals surface area contributed by atoms with Crippen LogP contribution >= 0.6 is 11.8 Å². The first-order chi connectivity index (χ1) is 13.5. The molecular formula is C23H27NO3S. The Kier molecular flexibility index (Phi) is 6.79. The largest absolute Gasteiger partial charge is 0.455 e. The van der Waals surface area contributed by atoms with Crippen LogP contribution in [0.15, 0.2) is 59.5 Å². The molecule has 0 atom stereocenters. The van der Waals surface area contributed by atoms with Gasteiger partial charge in [0.1, 0.15) is 0 Å². The van der Waals surface area contributed by atoms with Crippen LogP contribution in [-0.4, -0.2) is 36.7 Å². The van der Waals surface area contributed by atoms with Gasteiger partial charge in [-0.25, -0.2) is 0 Å². The fourth-order valence-electron chi connectivity index (χ4n) is 3.82. The number of rotatable bonds is 7. The molecule has 3 rings (SSSR count). The van der Waals surface area contributed by atoms with Gasteiger partial charge in [-0.15, -0.1) is 11.8 Å². The molecule has 0 N–H and O–H groups in total. The van der Waals surface area contributed by atoms with E-state index < -0.39 is 5.41 Å². The van der Waals surface area contributed by atoms with Crippen molar-refractivity contribution in [1.29, 1.82) is 0 Å². The Balaban J connectivity index is 1.58. The first kappa shape index (κ1) is 20.5. The Bertz CT molecular complexity index is 798. The van der Waals surface area contributed by atoms with Crippen LogP contribution in [0.25, 0.3) is 0 Å². The molecule has 28 heavy (non-hydrogen) atoms. The fourth-order valence-corrected chi connectivity index (χ4v) is 4.22. The summed E-state index contributed by atoms with van der Waals surface area (Å²) in [5.41, 5.74) is 1.44. The summed E-state index contributed by atoms with van der Waals surface area (Å²) in [7, 11) is 1.74. The molecule has 0 saturated heterocycles. The molecule has 2 aromatic carbocycles. The summed E-state index contributed by atoms with van der Waals surface area (Å²) < 4.78 is 5.51. The number of ether oxygens (including phenoxy) is 1. The van der Waals surface area contributed by atoms with Crippen LogP contribution in [0.3, 0.4) is 0 Å². The molecule has 1 amide bonds. The summed E-state index contributed by atoms with van der Waals surface area (Å²) >= 11 is 1.69. The summed E-state index contributed by atoms with van der Waals surface area (Å²) in [6.45, 7) is 0.279. The second-order valence-electron chi connectivity index (χ2n) is 7.33. The van der Waals surface area contributed by atoms with E-state index in [4.69, 9.17) is 4.74 Å². The van der Waals surface area contributed by atoms with Crippen molar-refractivity contribution in [3.05, 3.63) is 65.7 Å². The second kappa shape index (κ2) is 9.28. The van der Waals surface area contributed by atoms with Crippen LogP contribution in [0.1, 0.15) is 36.8 Å². The van der Waals surface area contributed by atoms with Crippen LogP contribution in [0.4, 0.5) is 0 Å². The Labute approximate surface area is 171 Å². The number of esters is 1. The molecule has 0 radical (unpaired) electrons. The Morgan fingerprint density at radius 2 is 1.68 bits per heavy atom. The van der Waals surface area contributed by atoms with Crippen molar-refractivity contribution >= 4 is 23.6 Å². The molecule has 1 aliphatic carbocycles. The number of amides is 1. The average Bonchev–Trinajstić information content (AvgIpc) is 3.24. The van der Waals surface area contributed by atoms with Crippen molar-refractivity contribution < 1.29 is 14.3 Å². The minimum absolute atomic E-state index is 0.191. The van der Waals surface area contributed by atoms with Gasteiger partial charge in [0.25, 0.3) is 5.91 Å². The van der Waals surface area contributed by atoms with E-state index in [1.807, 2.05) is 60.9 Å². The highest BCUT2D eigenvalue weighted by atomic mass is 32.2. The zero-order chi connectivity index (χ0) is 20.0. The van der Waals surface area contributed by atoms with Gasteiger partial charge in [-0.2, -0.15) is 0 Å². The first-order valence-corrected chi connectivity index (χ1v) is 10.9. The number of carbonyl (C=O) groups is 2. The number of nitrogens with zero attached hydrogens (tertiary/aromatic N) is 1. The van der Waals surface area contributed by atoms with E-state index in [9.17, 15) is 9.59 Å². The Morgan fingerprint density at radius 3 is 2.29 bits per heavy atom. The van der Waals surface area contributed by atoms with Gasteiger partial charge < -0.3 is 9.64 Å². The third-order valence-electron chi connectivity index (χ3n) is 5.51. The zero-order valence-electron chi connectivity index (χ0n) is 16.5. The lowest BCUT2D eigenvalue weighted by Crippen LogP contribution is -2.38. The minimum atomic E-state index is -0.603. The van der Waals surface area contributed by atoms with Crippen LogP contribution < -0.4 is 0 Å². The summed E-state index contributed by atoms with van der Waals surface area (Å²) in [5.74, 6) is -0.467. The molecule has 4 nitrogen and oxygen atoms in total. The quantitative estimate of drug-likeness (QED) is 0.512. The number of thioether (sulfide) groups is 1. The summed E-state index contributed by atoms with van der Waals surface area (Å²) in [4.78, 5) is 28.2. The smallest absolute Gasteiger partial charge is 0.317 e. The van der Waals surface area contributed by atoms with E-state index in [1.165, 1.54) is 4.90 Å². The zero-order valence-corrected chi connectivity index (χ0v) is 17.3. The fraction of sp³-hybridized carbons (Fsp3) is 0.391. The molecule has 0 aliphatic heterocycles. The molecule has 0 aromatic heterocycles. The van der Waals surface area contributed by atoms with Crippen molar-refractivity contribution in [2.75, 3.05) is 19.9 Å². The highest BCUT2D eigenvalue weighted by Crippen LogP contribution is 2.42. The van der Waals surface area contributed by atoms with E-state index in [0.29, 0.717) is 6.54 Å². The van der Waals surface area contributed by atoms with E-state index in [-0.39, 0.29) is 18.5 Å². The van der Waals surface area contributed by atoms with Crippen molar-refractivity contribution in [1.82, 2.24) is 4.90 Å². The normalized spacial score (nSPS) is 15.2. The highest BCUT2D eigenvalue weighted by Gasteiger charge is 2.44. The van der Waals surface area contributed by atoms with Gasteiger partial charge in [-0.3, -0.25) is 9.59 Å². The third kappa shape index (κ3) is 4.58. The number of likely N-dealkylation sites (N-methyl/N-ethyl adjacent to an activating group) is 1. The molecule has 0 spiro atoms. The molecule has 0 bridgehead atoms. The number of benzene rings is 2. The van der Waals surface area contributed by atoms with E-state index in [0.717, 1.165) is 36.8 Å². The van der Waals surface area contributed by atoms with Crippen LogP contribution in [0, 0.1) is 0 Å². The van der Waals surface area contributed by atoms with E-state index in [2.05, 4.69) is 0 Å². The van der Waals surface area contributed by atoms with Gasteiger partial charge in [0.2, 0.25) is 0 Å². The molecule has 1 saturated carbocycles. The number of hydrogen-bond donors (Lipinski definition) is 0. The van der Waals surface area contributed by atoms with E-state index >= 15 is 0 Å². The van der Waals surface area contributed by atoms with Crippen LogP contribution in [0.2, 0.25) is 0 Å². The van der Waals surface area contributed by atoms with Gasteiger partial charge in [-0.05, 0) is 42.4 Å². The van der Waals surface area contributed by atoms with Crippen molar-refractivity contribution in [3.63, 3.8) is 0 Å². The topological polar surface area (TPSA) is 46.6 Å². The summed E-state index contributed by atoms with van der Waals surface area (Å²) in [5, 5.41) is 0. The van der Waals surface area contributed by atoms with Gasteiger partial charge in [-0.1, -0.05) is 55.3 Å². The molecule has 148 valence electrons. The van der Waals surface area contributed by atoms with E-state index in [1.54, 1.807) is 23.7 Å². The highest BCUT2D eigenvalue weighted by molar-refractivity contribution is 7.98. The molecule has 0 unspecified atom stereocenters. The molecule has 1 aliphatic rings. The number of carbonyl (C=O) groups excluding carboxylic acids is 2. The standard InChI is InChI=1S/C23H27NO3S/c1-24(16-18-10-12-20(28-2)13-11-18)21(25)17-27-22(26)23(14-6-7-15-23)19-8-4-3-5-9-19/h3-5,8-13H,6-7,14-17H2,1-2H3. The Morgan fingerprint density at radius 1 is 1.04 bits per heavy atom. The second-order valence-corrected chi connectivity index (χ2v) is 8.21. The summed E-state index contributed by atoms with van der Waals surface area (Å²) in [6, 6.07) is 17.9. The third-order valence-corrected chi connectivity index (χ3v) is 6.25. The maximum absolute atomic E-state index is 12.9. The van der Waals surface area contributed by atoms with Crippen LogP contribution in [0.5, 0.6) is 0 Å². The lowest BCUT2D eigenvalue weighted by atomic mass is 9.79. The number of hydrogen-bond acceptors (Lipinski definition) is 4. The van der Waals surface area contributed by atoms with Gasteiger partial charge in [0, 0.05) is 18.5 Å². The van der Waals surface area contributed by atoms with Crippen molar-refractivity contribution in [2.24, 2.45) is 0 Å². The average molecular weight is 398 g/mol. The monoisotopic (exact) mass is 397 g/mol. The molecule has 5 heteroatoms.